The van der Waals surface area contributed by atoms with Gasteiger partial charge in [0, 0.05) is 43.6 Å². The summed E-state index contributed by atoms with van der Waals surface area (Å²) in [6.07, 6.45) is 0.580. The summed E-state index contributed by atoms with van der Waals surface area (Å²) in [5.41, 5.74) is 4.42. The third-order valence-corrected chi connectivity index (χ3v) is 7.63. The Balaban J connectivity index is 1.46. The van der Waals surface area contributed by atoms with Crippen LogP contribution in [0.5, 0.6) is 6.01 Å². The van der Waals surface area contributed by atoms with E-state index in [0.29, 0.717) is 32.1 Å². The van der Waals surface area contributed by atoms with Gasteiger partial charge in [-0.2, -0.15) is 9.97 Å². The van der Waals surface area contributed by atoms with Crippen LogP contribution in [-0.4, -0.2) is 51.8 Å². The second-order valence-electron chi connectivity index (χ2n) is 8.34. The van der Waals surface area contributed by atoms with E-state index >= 15 is 0 Å². The van der Waals surface area contributed by atoms with E-state index in [9.17, 15) is 4.21 Å². The number of methoxy groups -OCH3 is 1. The topological polar surface area (TPSA) is 67.8 Å². The van der Waals surface area contributed by atoms with Crippen molar-refractivity contribution in [2.45, 2.75) is 26.1 Å². The summed E-state index contributed by atoms with van der Waals surface area (Å²) < 4.78 is 25.9. The first kappa shape index (κ1) is 22.0. The van der Waals surface area contributed by atoms with Crippen molar-refractivity contribution in [1.82, 2.24) is 14.3 Å². The van der Waals surface area contributed by atoms with Crippen LogP contribution in [0.4, 0.5) is 5.82 Å². The molecule has 0 aliphatic carbocycles. The average molecular weight is 465 g/mol. The zero-order valence-corrected chi connectivity index (χ0v) is 19.8. The van der Waals surface area contributed by atoms with Crippen molar-refractivity contribution in [3.05, 3.63) is 70.8 Å². The van der Waals surface area contributed by atoms with Crippen LogP contribution in [0.3, 0.4) is 0 Å². The third kappa shape index (κ3) is 4.14. The Labute approximate surface area is 196 Å². The minimum atomic E-state index is -1.14. The van der Waals surface area contributed by atoms with Crippen LogP contribution in [0.25, 0.3) is 10.8 Å². The minimum Gasteiger partial charge on any atom is -0.467 e. The zero-order chi connectivity index (χ0) is 22.9. The molecule has 3 heterocycles. The SMILES string of the molecule is C=CS(=O)N1CCN(c2nc(OC)nc3c2COC(c2cccc4cccc(C)c24)C3)CC1. The van der Waals surface area contributed by atoms with Crippen LogP contribution in [0.2, 0.25) is 0 Å². The summed E-state index contributed by atoms with van der Waals surface area (Å²) in [4.78, 5) is 11.6. The van der Waals surface area contributed by atoms with Crippen LogP contribution in [0.15, 0.2) is 48.4 Å². The van der Waals surface area contributed by atoms with Crippen molar-refractivity contribution in [1.29, 1.82) is 0 Å². The molecule has 1 fully saturated rings. The van der Waals surface area contributed by atoms with E-state index in [1.165, 1.54) is 27.3 Å². The molecular weight excluding hydrogens is 436 g/mol. The fourth-order valence-electron chi connectivity index (χ4n) is 4.80. The number of aryl methyl sites for hydroxylation is 1. The molecule has 0 amide bonds. The molecule has 172 valence electrons. The highest BCUT2D eigenvalue weighted by Crippen LogP contribution is 2.38. The average Bonchev–Trinajstić information content (AvgIpc) is 2.87. The van der Waals surface area contributed by atoms with Crippen LogP contribution in [0, 0.1) is 6.92 Å². The van der Waals surface area contributed by atoms with Gasteiger partial charge in [0.1, 0.15) is 16.8 Å². The maximum atomic E-state index is 12.1. The zero-order valence-electron chi connectivity index (χ0n) is 19.0. The molecule has 2 aliphatic rings. The van der Waals surface area contributed by atoms with E-state index in [-0.39, 0.29) is 6.10 Å². The van der Waals surface area contributed by atoms with Gasteiger partial charge < -0.3 is 14.4 Å². The molecule has 0 bridgehead atoms. The summed E-state index contributed by atoms with van der Waals surface area (Å²) in [6, 6.07) is 13.1. The fourth-order valence-corrected chi connectivity index (χ4v) is 5.53. The minimum absolute atomic E-state index is 0.0818. The lowest BCUT2D eigenvalue weighted by Crippen LogP contribution is -2.47. The Kier molecular flexibility index (Phi) is 6.14. The first-order valence-corrected chi connectivity index (χ1v) is 12.3. The molecule has 5 rings (SSSR count). The lowest BCUT2D eigenvalue weighted by atomic mass is 9.92. The van der Waals surface area contributed by atoms with E-state index in [2.05, 4.69) is 59.8 Å². The molecule has 3 aromatic rings. The van der Waals surface area contributed by atoms with E-state index in [1.54, 1.807) is 7.11 Å². The quantitative estimate of drug-likeness (QED) is 0.574. The number of anilines is 1. The van der Waals surface area contributed by atoms with Gasteiger partial charge >= 0.3 is 6.01 Å². The van der Waals surface area contributed by atoms with Crippen molar-refractivity contribution in [2.75, 3.05) is 38.2 Å². The highest BCUT2D eigenvalue weighted by molar-refractivity contribution is 7.85. The fraction of sp³-hybridized carbons (Fsp3) is 0.360. The van der Waals surface area contributed by atoms with Gasteiger partial charge in [0.25, 0.3) is 0 Å². The number of hydrogen-bond acceptors (Lipinski definition) is 6. The van der Waals surface area contributed by atoms with E-state index in [0.717, 1.165) is 30.2 Å². The monoisotopic (exact) mass is 464 g/mol. The molecule has 8 heteroatoms. The summed E-state index contributed by atoms with van der Waals surface area (Å²) in [7, 11) is 0.455. The maximum absolute atomic E-state index is 12.1. The van der Waals surface area contributed by atoms with Gasteiger partial charge in [-0.1, -0.05) is 43.0 Å². The van der Waals surface area contributed by atoms with E-state index in [4.69, 9.17) is 14.5 Å². The van der Waals surface area contributed by atoms with Gasteiger partial charge in [0.05, 0.1) is 25.5 Å². The second kappa shape index (κ2) is 9.21. The predicted molar refractivity (Wildman–Crippen MR) is 131 cm³/mol. The summed E-state index contributed by atoms with van der Waals surface area (Å²) in [5.74, 6) is 0.855. The van der Waals surface area contributed by atoms with Gasteiger partial charge in [-0.25, -0.2) is 8.51 Å². The van der Waals surface area contributed by atoms with Crippen LogP contribution < -0.4 is 9.64 Å². The molecule has 0 N–H and O–H groups in total. The highest BCUT2D eigenvalue weighted by atomic mass is 32.2. The number of piperazine rings is 1. The third-order valence-electron chi connectivity index (χ3n) is 6.47. The van der Waals surface area contributed by atoms with Crippen molar-refractivity contribution in [3.63, 3.8) is 0 Å². The molecule has 33 heavy (non-hydrogen) atoms. The van der Waals surface area contributed by atoms with Gasteiger partial charge in [0.15, 0.2) is 0 Å². The first-order valence-electron chi connectivity index (χ1n) is 11.2. The number of ether oxygens (including phenoxy) is 2. The number of benzene rings is 2. The van der Waals surface area contributed by atoms with E-state index in [1.807, 2.05) is 4.31 Å². The lowest BCUT2D eigenvalue weighted by molar-refractivity contribution is 0.0266. The molecule has 2 unspecified atom stereocenters. The van der Waals surface area contributed by atoms with Crippen LogP contribution in [-0.2, 0) is 28.8 Å². The number of aromatic nitrogens is 2. The molecule has 7 nitrogen and oxygen atoms in total. The maximum Gasteiger partial charge on any atom is 0.318 e. The lowest BCUT2D eigenvalue weighted by Gasteiger charge is -2.36. The van der Waals surface area contributed by atoms with Crippen molar-refractivity contribution < 1.29 is 13.7 Å². The highest BCUT2D eigenvalue weighted by Gasteiger charge is 2.30. The molecule has 0 radical (unpaired) electrons. The van der Waals surface area contributed by atoms with Crippen molar-refractivity contribution in [3.8, 4) is 6.01 Å². The number of rotatable bonds is 5. The first-order chi connectivity index (χ1) is 16.1. The number of nitrogens with zero attached hydrogens (tertiary/aromatic N) is 4. The van der Waals surface area contributed by atoms with Gasteiger partial charge in [0.2, 0.25) is 0 Å². The Bertz CT molecular complexity index is 1220. The molecular formula is C25H28N4O3S. The van der Waals surface area contributed by atoms with Crippen LogP contribution in [0.1, 0.15) is 28.5 Å². The Morgan fingerprint density at radius 3 is 2.64 bits per heavy atom. The Morgan fingerprint density at radius 2 is 1.91 bits per heavy atom. The molecule has 1 aromatic heterocycles. The largest absolute Gasteiger partial charge is 0.467 e. The predicted octanol–water partition coefficient (Wildman–Crippen LogP) is 3.69. The summed E-state index contributed by atoms with van der Waals surface area (Å²) in [5, 5.41) is 3.95. The normalized spacial score (nSPS) is 19.8. The number of fused-ring (bicyclic) bond motifs is 2. The standard InChI is InChI=1S/C25H28N4O3S/c1-4-33(30)29-13-11-28(12-14-29)24-20-16-32-22(15-21(20)26-25(27-24)31-3)19-10-6-9-18-8-5-7-17(2)23(18)19/h4-10,22H,1,11-16H2,2-3H3. The van der Waals surface area contributed by atoms with Crippen molar-refractivity contribution >= 4 is 27.6 Å². The second-order valence-corrected chi connectivity index (χ2v) is 9.74. The molecule has 2 aliphatic heterocycles. The van der Waals surface area contributed by atoms with E-state index < -0.39 is 11.0 Å². The smallest absolute Gasteiger partial charge is 0.318 e. The van der Waals surface area contributed by atoms with Gasteiger partial charge in [-0.05, 0) is 28.8 Å². The molecule has 2 aromatic carbocycles. The Hall–Kier alpha value is -2.81. The summed E-state index contributed by atoms with van der Waals surface area (Å²) in [6.45, 7) is 9.03. The molecule has 1 saturated heterocycles. The van der Waals surface area contributed by atoms with Crippen molar-refractivity contribution in [2.24, 2.45) is 0 Å². The molecule has 0 saturated carbocycles. The molecule has 2 atom stereocenters. The van der Waals surface area contributed by atoms with Gasteiger partial charge in [-0.3, -0.25) is 0 Å². The molecule has 0 spiro atoms. The number of hydrogen-bond donors (Lipinski definition) is 0. The van der Waals surface area contributed by atoms with Crippen LogP contribution >= 0.6 is 0 Å². The summed E-state index contributed by atoms with van der Waals surface area (Å²) >= 11 is 0. The van der Waals surface area contributed by atoms with Gasteiger partial charge in [-0.15, -0.1) is 0 Å². The Morgan fingerprint density at radius 1 is 1.15 bits per heavy atom.